The van der Waals surface area contributed by atoms with Crippen molar-refractivity contribution in [2.75, 3.05) is 35.7 Å². The minimum Gasteiger partial charge on any atom is -0.462 e. The third-order valence-corrected chi connectivity index (χ3v) is 6.36. The molecule has 0 bridgehead atoms. The van der Waals surface area contributed by atoms with Crippen molar-refractivity contribution in [2.45, 2.75) is 56.6 Å². The van der Waals surface area contributed by atoms with Crippen LogP contribution >= 0.6 is 11.8 Å². The number of nitrogens with one attached hydrogen (secondary N) is 1. The Hall–Kier alpha value is -2.55. The van der Waals surface area contributed by atoms with Gasteiger partial charge in [-0.25, -0.2) is 4.79 Å². The lowest BCUT2D eigenvalue weighted by Crippen LogP contribution is -2.22. The van der Waals surface area contributed by atoms with Crippen molar-refractivity contribution < 1.29 is 14.3 Å². The van der Waals surface area contributed by atoms with Crippen LogP contribution in [0.4, 0.5) is 11.6 Å². The summed E-state index contributed by atoms with van der Waals surface area (Å²) in [5.41, 5.74) is 1.13. The molecule has 1 saturated heterocycles. The molecule has 2 fully saturated rings. The van der Waals surface area contributed by atoms with Crippen LogP contribution in [0.5, 0.6) is 0 Å². The molecule has 1 aliphatic heterocycles. The van der Waals surface area contributed by atoms with Gasteiger partial charge in [-0.1, -0.05) is 25.1 Å². The van der Waals surface area contributed by atoms with Crippen LogP contribution in [-0.4, -0.2) is 52.1 Å². The van der Waals surface area contributed by atoms with Crippen molar-refractivity contribution in [1.29, 1.82) is 0 Å². The minimum absolute atomic E-state index is 0.114. The van der Waals surface area contributed by atoms with Crippen LogP contribution in [-0.2, 0) is 9.53 Å². The molecule has 1 amide bonds. The molecular formula is C22H29N5O3S. The first-order valence-electron chi connectivity index (χ1n) is 11.1. The molecule has 1 aromatic heterocycles. The Kier molecular flexibility index (Phi) is 7.11. The second-order valence-corrected chi connectivity index (χ2v) is 8.92. The molecule has 2 aromatic rings. The SMILES string of the molecule is CCCCOC(=O)c1ccc(NC(=O)CSc2nnc(N3CCCC3)n2C2CC2)cc1. The predicted octanol–water partition coefficient (Wildman–Crippen LogP) is 3.90. The second kappa shape index (κ2) is 10.2. The monoisotopic (exact) mass is 443 g/mol. The van der Waals surface area contributed by atoms with Crippen molar-refractivity contribution in [3.8, 4) is 0 Å². The van der Waals surface area contributed by atoms with Crippen molar-refractivity contribution in [3.05, 3.63) is 29.8 Å². The van der Waals surface area contributed by atoms with Gasteiger partial charge in [0.1, 0.15) is 0 Å². The van der Waals surface area contributed by atoms with Gasteiger partial charge in [0, 0.05) is 24.8 Å². The number of thioether (sulfide) groups is 1. The van der Waals surface area contributed by atoms with E-state index in [-0.39, 0.29) is 17.6 Å². The van der Waals surface area contributed by atoms with Gasteiger partial charge in [0.05, 0.1) is 17.9 Å². The van der Waals surface area contributed by atoms with E-state index >= 15 is 0 Å². The molecule has 0 unspecified atom stereocenters. The number of aromatic nitrogens is 3. The summed E-state index contributed by atoms with van der Waals surface area (Å²) in [5.74, 6) is 0.752. The fourth-order valence-electron chi connectivity index (χ4n) is 3.56. The highest BCUT2D eigenvalue weighted by Crippen LogP contribution is 2.41. The van der Waals surface area contributed by atoms with Crippen LogP contribution in [0.3, 0.4) is 0 Å². The molecule has 31 heavy (non-hydrogen) atoms. The maximum absolute atomic E-state index is 12.4. The molecule has 1 aromatic carbocycles. The van der Waals surface area contributed by atoms with Crippen molar-refractivity contribution in [1.82, 2.24) is 14.8 Å². The third-order valence-electron chi connectivity index (χ3n) is 5.42. The summed E-state index contributed by atoms with van der Waals surface area (Å²) in [6, 6.07) is 7.24. The van der Waals surface area contributed by atoms with Gasteiger partial charge in [0.2, 0.25) is 11.9 Å². The zero-order chi connectivity index (χ0) is 21.6. The average molecular weight is 444 g/mol. The van der Waals surface area contributed by atoms with E-state index in [9.17, 15) is 9.59 Å². The summed E-state index contributed by atoms with van der Waals surface area (Å²) in [7, 11) is 0. The van der Waals surface area contributed by atoms with E-state index in [0.29, 0.717) is 23.9 Å². The molecule has 1 N–H and O–H groups in total. The summed E-state index contributed by atoms with van der Waals surface area (Å²) in [6.45, 7) is 4.53. The number of carbonyl (C=O) groups excluding carboxylic acids is 2. The maximum Gasteiger partial charge on any atom is 0.338 e. The van der Waals surface area contributed by atoms with Crippen molar-refractivity contribution >= 4 is 35.3 Å². The first kappa shape index (κ1) is 21.7. The summed E-state index contributed by atoms with van der Waals surface area (Å²) in [4.78, 5) is 26.7. The molecule has 0 atom stereocenters. The predicted molar refractivity (Wildman–Crippen MR) is 121 cm³/mol. The molecule has 2 heterocycles. The van der Waals surface area contributed by atoms with E-state index in [1.165, 1.54) is 24.6 Å². The summed E-state index contributed by atoms with van der Waals surface area (Å²) in [6.07, 6.45) is 6.51. The zero-order valence-corrected chi connectivity index (χ0v) is 18.7. The fraction of sp³-hybridized carbons (Fsp3) is 0.545. The van der Waals surface area contributed by atoms with Crippen LogP contribution in [0, 0.1) is 0 Å². The van der Waals surface area contributed by atoms with Gasteiger partial charge in [-0.2, -0.15) is 0 Å². The van der Waals surface area contributed by atoms with Crippen LogP contribution in [0.15, 0.2) is 29.4 Å². The molecule has 0 spiro atoms. The van der Waals surface area contributed by atoms with E-state index in [0.717, 1.165) is 49.9 Å². The van der Waals surface area contributed by atoms with Crippen molar-refractivity contribution in [2.24, 2.45) is 0 Å². The normalized spacial score (nSPS) is 15.8. The molecule has 9 heteroatoms. The van der Waals surface area contributed by atoms with Gasteiger partial charge in [-0.05, 0) is 56.4 Å². The summed E-state index contributed by atoms with van der Waals surface area (Å²) < 4.78 is 7.41. The van der Waals surface area contributed by atoms with Gasteiger partial charge in [-0.15, -0.1) is 10.2 Å². The highest BCUT2D eigenvalue weighted by atomic mass is 32.2. The Balaban J connectivity index is 1.30. The molecule has 0 radical (unpaired) electrons. The largest absolute Gasteiger partial charge is 0.462 e. The lowest BCUT2D eigenvalue weighted by Gasteiger charge is -2.17. The number of hydrogen-bond acceptors (Lipinski definition) is 7. The number of carbonyl (C=O) groups is 2. The summed E-state index contributed by atoms with van der Waals surface area (Å²) in [5, 5.41) is 12.5. The van der Waals surface area contributed by atoms with Gasteiger partial charge in [0.15, 0.2) is 5.16 Å². The van der Waals surface area contributed by atoms with Gasteiger partial charge >= 0.3 is 5.97 Å². The van der Waals surface area contributed by atoms with Crippen LogP contribution in [0.25, 0.3) is 0 Å². The lowest BCUT2D eigenvalue weighted by molar-refractivity contribution is -0.113. The smallest absolute Gasteiger partial charge is 0.338 e. The first-order valence-corrected chi connectivity index (χ1v) is 12.0. The topological polar surface area (TPSA) is 89.3 Å². The number of amides is 1. The van der Waals surface area contributed by atoms with E-state index in [1.54, 1.807) is 24.3 Å². The highest BCUT2D eigenvalue weighted by molar-refractivity contribution is 7.99. The average Bonchev–Trinajstić information content (AvgIpc) is 3.29. The summed E-state index contributed by atoms with van der Waals surface area (Å²) >= 11 is 1.42. The second-order valence-electron chi connectivity index (χ2n) is 7.98. The standard InChI is InChI=1S/C22H29N5O3S/c1-2-3-14-30-20(29)16-6-8-17(9-7-16)23-19(28)15-31-22-25-24-21(26-12-4-5-13-26)27(22)18-10-11-18/h6-9,18H,2-5,10-15H2,1H3,(H,23,28). The number of rotatable bonds is 10. The van der Waals surface area contributed by atoms with Gasteiger partial charge in [-0.3, -0.25) is 9.36 Å². The lowest BCUT2D eigenvalue weighted by atomic mass is 10.2. The minimum atomic E-state index is -0.338. The number of esters is 1. The third kappa shape index (κ3) is 5.58. The van der Waals surface area contributed by atoms with E-state index in [2.05, 4.69) is 25.0 Å². The van der Waals surface area contributed by atoms with Crippen LogP contribution < -0.4 is 10.2 Å². The number of hydrogen-bond donors (Lipinski definition) is 1. The fourth-order valence-corrected chi connectivity index (χ4v) is 4.36. The number of benzene rings is 1. The van der Waals surface area contributed by atoms with Crippen molar-refractivity contribution in [3.63, 3.8) is 0 Å². The number of unbranched alkanes of at least 4 members (excludes halogenated alkanes) is 1. The molecule has 2 aliphatic rings. The molecule has 1 saturated carbocycles. The Morgan fingerprint density at radius 2 is 1.90 bits per heavy atom. The number of nitrogens with zero attached hydrogens (tertiary/aromatic N) is 4. The Labute approximate surface area is 186 Å². The molecule has 8 nitrogen and oxygen atoms in total. The van der Waals surface area contributed by atoms with Gasteiger partial charge in [0.25, 0.3) is 0 Å². The maximum atomic E-state index is 12.4. The van der Waals surface area contributed by atoms with E-state index in [1.807, 2.05) is 6.92 Å². The van der Waals surface area contributed by atoms with Gasteiger partial charge < -0.3 is 15.0 Å². The molecule has 166 valence electrons. The van der Waals surface area contributed by atoms with Crippen LogP contribution in [0.1, 0.15) is 61.8 Å². The first-order chi connectivity index (χ1) is 15.2. The molecular weight excluding hydrogens is 414 g/mol. The quantitative estimate of drug-likeness (QED) is 0.338. The van der Waals surface area contributed by atoms with E-state index in [4.69, 9.17) is 4.74 Å². The highest BCUT2D eigenvalue weighted by Gasteiger charge is 2.32. The zero-order valence-electron chi connectivity index (χ0n) is 17.9. The Morgan fingerprint density at radius 1 is 1.16 bits per heavy atom. The number of ether oxygens (including phenoxy) is 1. The Morgan fingerprint density at radius 3 is 2.58 bits per heavy atom. The number of anilines is 2. The van der Waals surface area contributed by atoms with E-state index < -0.39 is 0 Å². The molecule has 4 rings (SSSR count). The van der Waals surface area contributed by atoms with Crippen LogP contribution in [0.2, 0.25) is 0 Å². The Bertz CT molecular complexity index is 904. The molecule has 1 aliphatic carbocycles.